The molecule has 1 aliphatic rings. The monoisotopic (exact) mass is 551 g/mol. The molecule has 0 fully saturated rings. The molecule has 0 spiro atoms. The van der Waals surface area contributed by atoms with Gasteiger partial charge in [-0.15, -0.1) is 6.58 Å². The van der Waals surface area contributed by atoms with E-state index in [1.165, 1.54) is 35.8 Å². The molecule has 0 aliphatic carbocycles. The molecule has 0 radical (unpaired) electrons. The molecule has 0 saturated heterocycles. The van der Waals surface area contributed by atoms with Gasteiger partial charge < -0.3 is 5.32 Å². The van der Waals surface area contributed by atoms with E-state index in [9.17, 15) is 18.0 Å². The predicted molar refractivity (Wildman–Crippen MR) is 149 cm³/mol. The number of halogens is 3. The highest BCUT2D eigenvalue weighted by Crippen LogP contribution is 2.47. The number of fused-ring (bicyclic) bond motifs is 2. The van der Waals surface area contributed by atoms with E-state index in [2.05, 4.69) is 47.6 Å². The first-order chi connectivity index (χ1) is 18.8. The lowest BCUT2D eigenvalue weighted by Crippen LogP contribution is -2.55. The Morgan fingerprint density at radius 2 is 1.90 bits per heavy atom. The van der Waals surface area contributed by atoms with Gasteiger partial charge >= 0.3 is 6.18 Å². The van der Waals surface area contributed by atoms with Crippen molar-refractivity contribution in [1.29, 1.82) is 0 Å². The molecule has 1 aromatic carbocycles. The van der Waals surface area contributed by atoms with Crippen LogP contribution in [0.3, 0.4) is 0 Å². The van der Waals surface area contributed by atoms with Crippen LogP contribution < -0.4 is 10.9 Å². The maximum absolute atomic E-state index is 14.1. The number of likely N-dealkylation sites (N-methyl/N-ethyl adjacent to an activating group) is 1. The Balaban J connectivity index is 1.59. The van der Waals surface area contributed by atoms with E-state index in [-0.39, 0.29) is 35.6 Å². The van der Waals surface area contributed by atoms with Crippen molar-refractivity contribution in [2.45, 2.75) is 57.8 Å². The van der Waals surface area contributed by atoms with E-state index < -0.39 is 11.7 Å². The zero-order chi connectivity index (χ0) is 29.0. The van der Waals surface area contributed by atoms with Gasteiger partial charge in [-0.2, -0.15) is 18.2 Å². The van der Waals surface area contributed by atoms with Gasteiger partial charge in [0.15, 0.2) is 5.65 Å². The Morgan fingerprint density at radius 3 is 2.58 bits per heavy atom. The van der Waals surface area contributed by atoms with Gasteiger partial charge in [-0.3, -0.25) is 14.7 Å². The third-order valence-corrected chi connectivity index (χ3v) is 7.65. The summed E-state index contributed by atoms with van der Waals surface area (Å²) < 4.78 is 45.5. The first-order valence-corrected chi connectivity index (χ1v) is 13.0. The largest absolute Gasteiger partial charge is 0.410 e. The van der Waals surface area contributed by atoms with E-state index in [1.807, 2.05) is 6.07 Å². The summed E-state index contributed by atoms with van der Waals surface area (Å²) in [5.74, 6) is 0.216. The second kappa shape index (κ2) is 9.58. The van der Waals surface area contributed by atoms with Crippen LogP contribution in [0.25, 0.3) is 16.7 Å². The van der Waals surface area contributed by atoms with Crippen LogP contribution in [0.1, 0.15) is 44.5 Å². The molecule has 1 N–H and O–H groups in total. The molecule has 40 heavy (non-hydrogen) atoms. The lowest BCUT2D eigenvalue weighted by Gasteiger charge is -2.45. The van der Waals surface area contributed by atoms with Crippen LogP contribution in [0, 0.1) is 0 Å². The van der Waals surface area contributed by atoms with Crippen molar-refractivity contribution in [3.8, 4) is 5.69 Å². The van der Waals surface area contributed by atoms with Crippen LogP contribution in [0.2, 0.25) is 0 Å². The van der Waals surface area contributed by atoms with Crippen molar-refractivity contribution in [3.63, 3.8) is 0 Å². The van der Waals surface area contributed by atoms with E-state index >= 15 is 0 Å². The molecule has 210 valence electrons. The molecule has 1 aliphatic heterocycles. The third kappa shape index (κ3) is 4.47. The Morgan fingerprint density at radius 1 is 1.15 bits per heavy atom. The number of alkyl halides is 3. The zero-order valence-electron chi connectivity index (χ0n) is 23.2. The minimum absolute atomic E-state index is 0.215. The summed E-state index contributed by atoms with van der Waals surface area (Å²) in [5.41, 5.74) is 0.807. The van der Waals surface area contributed by atoms with Crippen molar-refractivity contribution in [2.24, 2.45) is 0 Å². The number of anilines is 2. The summed E-state index contributed by atoms with van der Waals surface area (Å²) >= 11 is 0. The van der Waals surface area contributed by atoms with Crippen LogP contribution in [-0.4, -0.2) is 49.0 Å². The van der Waals surface area contributed by atoms with Gasteiger partial charge in [0.25, 0.3) is 5.56 Å². The molecule has 4 heterocycles. The molecule has 0 amide bonds. The second-order valence-corrected chi connectivity index (χ2v) is 11.3. The van der Waals surface area contributed by atoms with Crippen molar-refractivity contribution in [3.05, 3.63) is 82.6 Å². The molecule has 0 saturated carbocycles. The van der Waals surface area contributed by atoms with Gasteiger partial charge in [0, 0.05) is 35.7 Å². The Kier molecular flexibility index (Phi) is 6.60. The smallest absolute Gasteiger partial charge is 0.324 e. The van der Waals surface area contributed by atoms with Gasteiger partial charge in [-0.1, -0.05) is 32.9 Å². The molecule has 5 rings (SSSR count). The average molecular weight is 552 g/mol. The number of hydrogen-bond acceptors (Lipinski definition) is 6. The summed E-state index contributed by atoms with van der Waals surface area (Å²) in [6.45, 7) is 11.7. The van der Waals surface area contributed by atoms with Crippen molar-refractivity contribution < 1.29 is 13.2 Å². The molecule has 3 aromatic heterocycles. The Hall–Kier alpha value is -3.99. The second-order valence-electron chi connectivity index (χ2n) is 11.3. The van der Waals surface area contributed by atoms with Gasteiger partial charge in [0.2, 0.25) is 5.95 Å². The fourth-order valence-electron chi connectivity index (χ4n) is 5.17. The van der Waals surface area contributed by atoms with Gasteiger partial charge in [-0.25, -0.2) is 14.3 Å². The summed E-state index contributed by atoms with van der Waals surface area (Å²) in [5, 5.41) is 3.45. The maximum atomic E-state index is 14.1. The molecule has 11 heteroatoms. The predicted octanol–water partition coefficient (Wildman–Crippen LogP) is 5.47. The fraction of sp³-hybridized carbons (Fsp3) is 0.379. The van der Waals surface area contributed by atoms with E-state index in [4.69, 9.17) is 0 Å². The molecule has 0 bridgehead atoms. The Labute approximate surface area is 230 Å². The van der Waals surface area contributed by atoms with Gasteiger partial charge in [-0.05, 0) is 55.8 Å². The average Bonchev–Trinajstić information content (AvgIpc) is 3.16. The highest BCUT2D eigenvalue weighted by molar-refractivity contribution is 5.77. The van der Waals surface area contributed by atoms with Crippen LogP contribution in [0.4, 0.5) is 24.8 Å². The highest BCUT2D eigenvalue weighted by atomic mass is 19.4. The minimum atomic E-state index is -4.43. The number of pyridine rings is 1. The van der Waals surface area contributed by atoms with Crippen molar-refractivity contribution in [1.82, 2.24) is 29.2 Å². The molecule has 8 nitrogen and oxygen atoms in total. The number of allylic oxidation sites excluding steroid dienone is 1. The minimum Gasteiger partial charge on any atom is -0.324 e. The Bertz CT molecular complexity index is 1670. The van der Waals surface area contributed by atoms with Crippen LogP contribution in [-0.2, 0) is 23.9 Å². The van der Waals surface area contributed by atoms with Crippen molar-refractivity contribution in [2.75, 3.05) is 18.9 Å². The first kappa shape index (κ1) is 27.6. The first-order valence-electron chi connectivity index (χ1n) is 13.0. The number of aromatic nitrogens is 5. The summed E-state index contributed by atoms with van der Waals surface area (Å²) in [6, 6.07) is 8.56. The third-order valence-electron chi connectivity index (χ3n) is 7.65. The van der Waals surface area contributed by atoms with Gasteiger partial charge in [0.1, 0.15) is 10.9 Å². The summed E-state index contributed by atoms with van der Waals surface area (Å²) in [4.78, 5) is 28.1. The molecule has 4 aromatic rings. The van der Waals surface area contributed by atoms with Crippen molar-refractivity contribution >= 4 is 22.7 Å². The number of benzene rings is 1. The van der Waals surface area contributed by atoms with E-state index in [1.54, 1.807) is 35.2 Å². The van der Waals surface area contributed by atoms with Crippen LogP contribution in [0.15, 0.2) is 60.2 Å². The maximum Gasteiger partial charge on any atom is 0.410 e. The topological polar surface area (TPSA) is 80.9 Å². The fourth-order valence-corrected chi connectivity index (χ4v) is 5.17. The van der Waals surface area contributed by atoms with E-state index in [0.29, 0.717) is 34.4 Å². The van der Waals surface area contributed by atoms with E-state index in [0.717, 1.165) is 5.69 Å². The number of hydrogen-bond donors (Lipinski definition) is 1. The molecular formula is C29H32F3N7O. The van der Waals surface area contributed by atoms with Gasteiger partial charge in [0.05, 0.1) is 12.2 Å². The quantitative estimate of drug-likeness (QED) is 0.332. The molecule has 1 atom stereocenters. The number of rotatable bonds is 5. The number of nitrogens with one attached hydrogen (secondary N) is 1. The normalized spacial score (nSPS) is 18.1. The SMILES string of the molecule is C=CCn1c(=O)c2cnc(Nc3ccc4c(c3)CCN(C)C4(C)C(F)(F)F)nc2n1-c1ccnc(C(C)(C)C)c1. The lowest BCUT2D eigenvalue weighted by atomic mass is 9.81. The highest BCUT2D eigenvalue weighted by Gasteiger charge is 2.57. The molecular weight excluding hydrogens is 519 g/mol. The summed E-state index contributed by atoms with van der Waals surface area (Å²) in [6.07, 6.45) is 0.846. The van der Waals surface area contributed by atoms with Crippen LogP contribution >= 0.6 is 0 Å². The standard InChI is InChI=1S/C29H32F3N7O/c1-7-13-38-25(40)21-17-34-26(36-24(21)39(38)20-10-12-33-23(16-20)27(2,3)4)35-19-8-9-22-18(15-19)11-14-37(6)28(22,5)29(30,31)32/h7-10,12,15-17H,1,11,13-14H2,2-6H3,(H,34,35,36). The molecule has 1 unspecified atom stereocenters. The summed E-state index contributed by atoms with van der Waals surface area (Å²) in [7, 11) is 1.50. The van der Waals surface area contributed by atoms with Crippen LogP contribution in [0.5, 0.6) is 0 Å². The zero-order valence-corrected chi connectivity index (χ0v) is 23.2. The lowest BCUT2D eigenvalue weighted by molar-refractivity contribution is -0.230. The number of nitrogens with zero attached hydrogens (tertiary/aromatic N) is 6.